The number of ether oxygens (including phenoxy) is 2. The Morgan fingerprint density at radius 1 is 1.21 bits per heavy atom. The number of halogens is 1. The van der Waals surface area contributed by atoms with E-state index in [-0.39, 0.29) is 17.9 Å². The van der Waals surface area contributed by atoms with Crippen LogP contribution in [0.15, 0.2) is 55.0 Å². The van der Waals surface area contributed by atoms with E-state index in [2.05, 4.69) is 10.1 Å². The maximum atomic E-state index is 14.0. The second-order valence-corrected chi connectivity index (χ2v) is 7.37. The van der Waals surface area contributed by atoms with Gasteiger partial charge in [0.25, 0.3) is 0 Å². The molecule has 29 heavy (non-hydrogen) atoms. The Morgan fingerprint density at radius 2 is 2.10 bits per heavy atom. The monoisotopic (exact) mass is 393 g/mol. The first-order chi connectivity index (χ1) is 14.2. The summed E-state index contributed by atoms with van der Waals surface area (Å²) < 4.78 is 27.1. The summed E-state index contributed by atoms with van der Waals surface area (Å²) in [6.07, 6.45) is 6.49. The standard InChI is InChI=1S/C22H20FN3O3/c23-17-5-1-2-6-18(17)26-13-15(12-25-26)21-16(9-11-28-21)22(27)29-19-8-7-14-4-3-10-24-20(14)19/h1-6,10,12-13,16,19,21H,7-9,11H2. The molecule has 3 aromatic rings. The molecule has 0 spiro atoms. The van der Waals surface area contributed by atoms with E-state index < -0.39 is 12.0 Å². The fraction of sp³-hybridized carbons (Fsp3) is 0.318. The first-order valence-electron chi connectivity index (χ1n) is 9.76. The van der Waals surface area contributed by atoms with Crippen molar-refractivity contribution in [2.24, 2.45) is 5.92 Å². The van der Waals surface area contributed by atoms with Gasteiger partial charge in [-0.2, -0.15) is 5.10 Å². The summed E-state index contributed by atoms with van der Waals surface area (Å²) in [6, 6.07) is 10.3. The molecule has 1 saturated heterocycles. The van der Waals surface area contributed by atoms with E-state index in [0.29, 0.717) is 18.7 Å². The molecule has 1 fully saturated rings. The zero-order valence-electron chi connectivity index (χ0n) is 15.7. The van der Waals surface area contributed by atoms with Crippen molar-refractivity contribution >= 4 is 5.97 Å². The molecule has 148 valence electrons. The van der Waals surface area contributed by atoms with Crippen LogP contribution in [0.4, 0.5) is 4.39 Å². The molecule has 5 rings (SSSR count). The maximum absolute atomic E-state index is 14.0. The Kier molecular flexibility index (Phi) is 4.60. The second kappa shape index (κ2) is 7.40. The van der Waals surface area contributed by atoms with E-state index in [1.165, 1.54) is 10.7 Å². The predicted octanol–water partition coefficient (Wildman–Crippen LogP) is 3.71. The molecule has 7 heteroatoms. The molecule has 2 aliphatic rings. The third-order valence-corrected chi connectivity index (χ3v) is 5.59. The summed E-state index contributed by atoms with van der Waals surface area (Å²) >= 11 is 0. The summed E-state index contributed by atoms with van der Waals surface area (Å²) in [6.45, 7) is 0.467. The molecule has 1 aliphatic heterocycles. The molecular formula is C22H20FN3O3. The van der Waals surface area contributed by atoms with Gasteiger partial charge < -0.3 is 9.47 Å². The van der Waals surface area contributed by atoms with Crippen molar-refractivity contribution in [3.05, 3.63) is 77.6 Å². The van der Waals surface area contributed by atoms with Gasteiger partial charge in [-0.1, -0.05) is 18.2 Å². The largest absolute Gasteiger partial charge is 0.456 e. The number of aryl methyl sites for hydroxylation is 1. The normalized spacial score (nSPS) is 23.1. The Balaban J connectivity index is 1.33. The van der Waals surface area contributed by atoms with Gasteiger partial charge in [0.2, 0.25) is 0 Å². The van der Waals surface area contributed by atoms with E-state index in [1.54, 1.807) is 36.8 Å². The van der Waals surface area contributed by atoms with Crippen molar-refractivity contribution in [2.45, 2.75) is 31.5 Å². The number of rotatable bonds is 4. The molecule has 3 heterocycles. The highest BCUT2D eigenvalue weighted by molar-refractivity contribution is 5.74. The molecule has 1 aromatic carbocycles. The molecule has 1 aliphatic carbocycles. The van der Waals surface area contributed by atoms with E-state index in [0.717, 1.165) is 29.7 Å². The van der Waals surface area contributed by atoms with Crippen LogP contribution in [0.5, 0.6) is 0 Å². The molecule has 3 unspecified atom stereocenters. The van der Waals surface area contributed by atoms with Crippen LogP contribution in [0.3, 0.4) is 0 Å². The smallest absolute Gasteiger partial charge is 0.312 e. The van der Waals surface area contributed by atoms with Crippen LogP contribution in [0.1, 0.15) is 41.9 Å². The molecule has 0 amide bonds. The number of carbonyl (C=O) groups is 1. The zero-order chi connectivity index (χ0) is 19.8. The summed E-state index contributed by atoms with van der Waals surface area (Å²) in [4.78, 5) is 17.3. The van der Waals surface area contributed by atoms with Gasteiger partial charge in [0.15, 0.2) is 0 Å². The SMILES string of the molecule is O=C(OC1CCc2cccnc21)C1CCOC1c1cnn(-c2ccccc2F)c1. The Labute approximate surface area is 167 Å². The molecule has 2 aromatic heterocycles. The van der Waals surface area contributed by atoms with E-state index in [1.807, 2.05) is 12.1 Å². The van der Waals surface area contributed by atoms with Crippen molar-refractivity contribution in [3.63, 3.8) is 0 Å². The van der Waals surface area contributed by atoms with Gasteiger partial charge >= 0.3 is 5.97 Å². The number of esters is 1. The van der Waals surface area contributed by atoms with E-state index in [4.69, 9.17) is 9.47 Å². The average molecular weight is 393 g/mol. The first kappa shape index (κ1) is 18.0. The van der Waals surface area contributed by atoms with Crippen LogP contribution in [0.25, 0.3) is 5.69 Å². The predicted molar refractivity (Wildman–Crippen MR) is 102 cm³/mol. The van der Waals surface area contributed by atoms with Crippen LogP contribution in [-0.4, -0.2) is 27.3 Å². The number of benzene rings is 1. The molecular weight excluding hydrogens is 373 g/mol. The highest BCUT2D eigenvalue weighted by Crippen LogP contribution is 2.38. The lowest BCUT2D eigenvalue weighted by Gasteiger charge is -2.19. The topological polar surface area (TPSA) is 66.2 Å². The molecule has 0 radical (unpaired) electrons. The lowest BCUT2D eigenvalue weighted by molar-refractivity contribution is -0.156. The third kappa shape index (κ3) is 3.31. The minimum atomic E-state index is -0.451. The van der Waals surface area contributed by atoms with Crippen molar-refractivity contribution in [2.75, 3.05) is 6.61 Å². The van der Waals surface area contributed by atoms with Crippen LogP contribution >= 0.6 is 0 Å². The number of nitrogens with zero attached hydrogens (tertiary/aromatic N) is 3. The first-order valence-corrected chi connectivity index (χ1v) is 9.76. The Hall–Kier alpha value is -3.06. The molecule has 3 atom stereocenters. The second-order valence-electron chi connectivity index (χ2n) is 7.37. The Bertz CT molecular complexity index is 1050. The minimum Gasteiger partial charge on any atom is -0.456 e. The summed E-state index contributed by atoms with van der Waals surface area (Å²) in [7, 11) is 0. The average Bonchev–Trinajstić information content (AvgIpc) is 3.48. The van der Waals surface area contributed by atoms with Crippen molar-refractivity contribution < 1.29 is 18.7 Å². The van der Waals surface area contributed by atoms with Gasteiger partial charge in [-0.25, -0.2) is 9.07 Å². The number of fused-ring (bicyclic) bond motifs is 1. The quantitative estimate of drug-likeness (QED) is 0.632. The van der Waals surface area contributed by atoms with Gasteiger partial charge in [-0.15, -0.1) is 0 Å². The lowest BCUT2D eigenvalue weighted by Crippen LogP contribution is -2.22. The molecule has 6 nitrogen and oxygen atoms in total. The fourth-order valence-corrected chi connectivity index (χ4v) is 4.13. The van der Waals surface area contributed by atoms with Gasteiger partial charge in [0, 0.05) is 24.6 Å². The van der Waals surface area contributed by atoms with Crippen LogP contribution < -0.4 is 0 Å². The lowest BCUT2D eigenvalue weighted by atomic mass is 9.97. The highest BCUT2D eigenvalue weighted by Gasteiger charge is 2.39. The van der Waals surface area contributed by atoms with Crippen molar-refractivity contribution in [3.8, 4) is 5.69 Å². The number of para-hydroxylation sites is 1. The number of aromatic nitrogens is 3. The summed E-state index contributed by atoms with van der Waals surface area (Å²) in [5.74, 6) is -1.06. The van der Waals surface area contributed by atoms with E-state index in [9.17, 15) is 9.18 Å². The molecule has 0 saturated carbocycles. The molecule has 0 bridgehead atoms. The number of pyridine rings is 1. The van der Waals surface area contributed by atoms with Gasteiger partial charge in [-0.05, 0) is 43.0 Å². The third-order valence-electron chi connectivity index (χ3n) is 5.59. The fourth-order valence-electron chi connectivity index (χ4n) is 4.13. The number of carbonyl (C=O) groups excluding carboxylic acids is 1. The van der Waals surface area contributed by atoms with Crippen LogP contribution in [0.2, 0.25) is 0 Å². The number of hydrogen-bond acceptors (Lipinski definition) is 5. The highest BCUT2D eigenvalue weighted by atomic mass is 19.1. The van der Waals surface area contributed by atoms with E-state index >= 15 is 0 Å². The van der Waals surface area contributed by atoms with Crippen LogP contribution in [-0.2, 0) is 20.7 Å². The zero-order valence-corrected chi connectivity index (χ0v) is 15.7. The van der Waals surface area contributed by atoms with Gasteiger partial charge in [0.1, 0.15) is 17.6 Å². The summed E-state index contributed by atoms with van der Waals surface area (Å²) in [5.41, 5.74) is 3.07. The van der Waals surface area contributed by atoms with Gasteiger partial charge in [0.05, 0.1) is 23.9 Å². The maximum Gasteiger partial charge on any atom is 0.312 e. The van der Waals surface area contributed by atoms with Crippen molar-refractivity contribution in [1.29, 1.82) is 0 Å². The van der Waals surface area contributed by atoms with Crippen LogP contribution in [0, 0.1) is 11.7 Å². The molecule has 0 N–H and O–H groups in total. The minimum absolute atomic E-state index is 0.283. The van der Waals surface area contributed by atoms with Gasteiger partial charge in [-0.3, -0.25) is 9.78 Å². The Morgan fingerprint density at radius 3 is 3.00 bits per heavy atom. The van der Waals surface area contributed by atoms with Crippen molar-refractivity contribution in [1.82, 2.24) is 14.8 Å². The number of hydrogen-bond donors (Lipinski definition) is 0. The summed E-state index contributed by atoms with van der Waals surface area (Å²) in [5, 5.41) is 4.25.